The highest BCUT2D eigenvalue weighted by Gasteiger charge is 2.42. The molecule has 0 aliphatic carbocycles. The van der Waals surface area contributed by atoms with Crippen molar-refractivity contribution in [3.8, 4) is 5.75 Å². The molecule has 0 unspecified atom stereocenters. The second kappa shape index (κ2) is 10.8. The lowest BCUT2D eigenvalue weighted by molar-refractivity contribution is -0.123. The molecule has 8 nitrogen and oxygen atoms in total. The van der Waals surface area contributed by atoms with Gasteiger partial charge in [0.2, 0.25) is 5.91 Å². The monoisotopic (exact) mass is 557 g/mol. The van der Waals surface area contributed by atoms with Crippen LogP contribution in [0.5, 0.6) is 5.75 Å². The lowest BCUT2D eigenvalue weighted by Gasteiger charge is -2.29. The number of pyridine rings is 1. The Bertz CT molecular complexity index is 1520. The molecule has 1 saturated heterocycles. The number of hydrogen-bond donors (Lipinski definition) is 2. The number of nitrogens with one attached hydrogen (secondary N) is 2. The Hall–Kier alpha value is -4.11. The van der Waals surface area contributed by atoms with Crippen LogP contribution in [0.25, 0.3) is 0 Å². The number of methoxy groups -OCH3 is 1. The number of furan rings is 1. The minimum absolute atomic E-state index is 0.0889. The van der Waals surface area contributed by atoms with E-state index in [4.69, 9.17) is 21.4 Å². The standard InChI is InChI=1S/C31H35N5O3S/c1-19-16-23(20(2)35(19)18-22-10-9-15-39-22)28-27(25-11-7-8-14-32-25)34-30(40)36(28)21-12-13-24(26(17-21)38-6)33-29(37)31(3,4)5/h7-17,27-28H,18H2,1-6H3,(H,33,37)(H,34,40)/t27-,28+/m0/s1. The molecule has 3 aromatic heterocycles. The average molecular weight is 558 g/mol. The molecule has 1 amide bonds. The normalized spacial score (nSPS) is 17.1. The van der Waals surface area contributed by atoms with Crippen LogP contribution in [0.2, 0.25) is 0 Å². The van der Waals surface area contributed by atoms with Crippen LogP contribution in [0.1, 0.15) is 61.3 Å². The third-order valence-corrected chi connectivity index (χ3v) is 7.63. The lowest BCUT2D eigenvalue weighted by Crippen LogP contribution is -2.30. The van der Waals surface area contributed by atoms with Crippen molar-refractivity contribution in [3.63, 3.8) is 0 Å². The van der Waals surface area contributed by atoms with E-state index in [-0.39, 0.29) is 18.0 Å². The Morgan fingerprint density at radius 1 is 1.15 bits per heavy atom. The molecule has 2 atom stereocenters. The SMILES string of the molecule is COc1cc(N2C(=S)N[C@@H](c3ccccn3)[C@H]2c2cc(C)n(Cc3ccco3)c2C)ccc1NC(=O)C(C)(C)C. The molecule has 0 bridgehead atoms. The van der Waals surface area contributed by atoms with Gasteiger partial charge in [0.1, 0.15) is 11.5 Å². The Morgan fingerprint density at radius 2 is 1.95 bits per heavy atom. The summed E-state index contributed by atoms with van der Waals surface area (Å²) in [5.74, 6) is 1.36. The maximum absolute atomic E-state index is 12.7. The van der Waals surface area contributed by atoms with Gasteiger partial charge in [-0.05, 0) is 74.1 Å². The number of rotatable bonds is 7. The van der Waals surface area contributed by atoms with Crippen molar-refractivity contribution in [2.75, 3.05) is 17.3 Å². The van der Waals surface area contributed by atoms with Gasteiger partial charge >= 0.3 is 0 Å². The number of aromatic nitrogens is 2. The number of nitrogens with zero attached hydrogens (tertiary/aromatic N) is 3. The van der Waals surface area contributed by atoms with Gasteiger partial charge in [-0.1, -0.05) is 26.8 Å². The van der Waals surface area contributed by atoms with E-state index in [0.717, 1.165) is 34.1 Å². The second-order valence-corrected chi connectivity index (χ2v) is 11.5. The molecule has 2 N–H and O–H groups in total. The van der Waals surface area contributed by atoms with Crippen LogP contribution in [-0.2, 0) is 11.3 Å². The summed E-state index contributed by atoms with van der Waals surface area (Å²) >= 11 is 5.94. The van der Waals surface area contributed by atoms with E-state index >= 15 is 0 Å². The van der Waals surface area contributed by atoms with Crippen molar-refractivity contribution >= 4 is 34.6 Å². The van der Waals surface area contributed by atoms with E-state index < -0.39 is 5.41 Å². The van der Waals surface area contributed by atoms with Gasteiger partial charge in [0.05, 0.1) is 43.4 Å². The van der Waals surface area contributed by atoms with Crippen molar-refractivity contribution < 1.29 is 13.9 Å². The van der Waals surface area contributed by atoms with Gasteiger partial charge in [0, 0.05) is 34.8 Å². The fourth-order valence-corrected chi connectivity index (χ4v) is 5.47. The summed E-state index contributed by atoms with van der Waals surface area (Å²) in [7, 11) is 1.60. The number of thiocarbonyl (C=S) groups is 1. The van der Waals surface area contributed by atoms with Gasteiger partial charge in [0.15, 0.2) is 5.11 Å². The first kappa shape index (κ1) is 27.5. The van der Waals surface area contributed by atoms with Gasteiger partial charge in [-0.25, -0.2) is 0 Å². The van der Waals surface area contributed by atoms with Crippen LogP contribution in [0.3, 0.4) is 0 Å². The van der Waals surface area contributed by atoms with Crippen LogP contribution < -0.4 is 20.3 Å². The predicted molar refractivity (Wildman–Crippen MR) is 161 cm³/mol. The van der Waals surface area contributed by atoms with E-state index in [1.165, 1.54) is 0 Å². The van der Waals surface area contributed by atoms with Gasteiger partial charge in [-0.2, -0.15) is 0 Å². The number of hydrogen-bond acceptors (Lipinski definition) is 5. The molecule has 0 spiro atoms. The third-order valence-electron chi connectivity index (χ3n) is 7.32. The van der Waals surface area contributed by atoms with E-state index in [1.54, 1.807) is 19.6 Å². The van der Waals surface area contributed by atoms with Crippen molar-refractivity contribution in [3.05, 3.63) is 95.5 Å². The molecule has 4 heterocycles. The Balaban J connectivity index is 1.59. The first-order chi connectivity index (χ1) is 19.1. The van der Waals surface area contributed by atoms with Gasteiger partial charge in [0.25, 0.3) is 0 Å². The Kier molecular flexibility index (Phi) is 7.42. The second-order valence-electron chi connectivity index (χ2n) is 11.1. The molecule has 5 rings (SSSR count). The number of ether oxygens (including phenoxy) is 1. The summed E-state index contributed by atoms with van der Waals surface area (Å²) in [4.78, 5) is 19.5. The summed E-state index contributed by atoms with van der Waals surface area (Å²) < 4.78 is 13.6. The molecule has 1 fully saturated rings. The fraction of sp³-hybridized carbons (Fsp3) is 0.323. The van der Waals surface area contributed by atoms with Crippen LogP contribution >= 0.6 is 12.2 Å². The summed E-state index contributed by atoms with van der Waals surface area (Å²) in [6.07, 6.45) is 3.50. The zero-order chi connectivity index (χ0) is 28.6. The van der Waals surface area contributed by atoms with Gasteiger partial charge in [-0.3, -0.25) is 9.78 Å². The molecule has 9 heteroatoms. The van der Waals surface area contributed by atoms with Gasteiger partial charge < -0.3 is 29.3 Å². The molecule has 1 aliphatic rings. The predicted octanol–water partition coefficient (Wildman–Crippen LogP) is 6.31. The molecule has 0 radical (unpaired) electrons. The zero-order valence-electron chi connectivity index (χ0n) is 23.7. The summed E-state index contributed by atoms with van der Waals surface area (Å²) in [5.41, 5.74) is 5.20. The van der Waals surface area contributed by atoms with Crippen molar-refractivity contribution in [1.29, 1.82) is 0 Å². The van der Waals surface area contributed by atoms with E-state index in [0.29, 0.717) is 23.1 Å². The van der Waals surface area contributed by atoms with Crippen molar-refractivity contribution in [1.82, 2.24) is 14.9 Å². The van der Waals surface area contributed by atoms with Crippen molar-refractivity contribution in [2.45, 2.75) is 53.2 Å². The fourth-order valence-electron chi connectivity index (χ4n) is 5.12. The number of aryl methyl sites for hydroxylation is 1. The summed E-state index contributed by atoms with van der Waals surface area (Å²) in [6.45, 7) is 10.5. The van der Waals surface area contributed by atoms with Crippen LogP contribution in [0.15, 0.2) is 71.5 Å². The number of benzene rings is 1. The minimum Gasteiger partial charge on any atom is -0.494 e. The summed E-state index contributed by atoms with van der Waals surface area (Å²) in [5, 5.41) is 7.11. The number of carbonyl (C=O) groups excluding carboxylic acids is 1. The van der Waals surface area contributed by atoms with Crippen LogP contribution in [0, 0.1) is 19.3 Å². The minimum atomic E-state index is -0.538. The lowest BCUT2D eigenvalue weighted by atomic mass is 9.95. The number of amides is 1. The highest BCUT2D eigenvalue weighted by atomic mass is 32.1. The van der Waals surface area contributed by atoms with E-state index in [2.05, 4.69) is 45.0 Å². The van der Waals surface area contributed by atoms with Crippen molar-refractivity contribution in [2.24, 2.45) is 5.41 Å². The molecule has 40 heavy (non-hydrogen) atoms. The van der Waals surface area contributed by atoms with Crippen LogP contribution in [0.4, 0.5) is 11.4 Å². The smallest absolute Gasteiger partial charge is 0.229 e. The highest BCUT2D eigenvalue weighted by molar-refractivity contribution is 7.80. The van der Waals surface area contributed by atoms with E-state index in [9.17, 15) is 4.79 Å². The first-order valence-electron chi connectivity index (χ1n) is 13.3. The topological polar surface area (TPSA) is 84.6 Å². The summed E-state index contributed by atoms with van der Waals surface area (Å²) in [6, 6.07) is 17.4. The van der Waals surface area contributed by atoms with Gasteiger partial charge in [-0.15, -0.1) is 0 Å². The molecule has 4 aromatic rings. The molecular formula is C31H35N5O3S. The largest absolute Gasteiger partial charge is 0.494 e. The molecule has 1 aliphatic heterocycles. The zero-order valence-corrected chi connectivity index (χ0v) is 24.5. The average Bonchev–Trinajstić information content (AvgIpc) is 3.63. The number of anilines is 2. The quantitative estimate of drug-likeness (QED) is 0.258. The number of carbonyl (C=O) groups is 1. The maximum atomic E-state index is 12.7. The molecule has 0 saturated carbocycles. The van der Waals surface area contributed by atoms with Crippen LogP contribution in [-0.4, -0.2) is 27.7 Å². The molecule has 1 aromatic carbocycles. The molecule has 208 valence electrons. The molecular weight excluding hydrogens is 522 g/mol. The third kappa shape index (κ3) is 5.21. The first-order valence-corrected chi connectivity index (χ1v) is 13.7. The Labute approximate surface area is 240 Å². The highest BCUT2D eigenvalue weighted by Crippen LogP contribution is 2.45. The Morgan fingerprint density at radius 3 is 2.60 bits per heavy atom. The van der Waals surface area contributed by atoms with E-state index in [1.807, 2.05) is 69.3 Å². The maximum Gasteiger partial charge on any atom is 0.229 e.